The normalized spacial score (nSPS) is 11.5. The summed E-state index contributed by atoms with van der Waals surface area (Å²) in [5, 5.41) is 0. The number of hydrogen-bond donors (Lipinski definition) is 0. The van der Waals surface area contributed by atoms with E-state index in [1.165, 1.54) is 0 Å². The molecule has 0 unspecified atom stereocenters. The zero-order valence-corrected chi connectivity index (χ0v) is 27.5. The summed E-state index contributed by atoms with van der Waals surface area (Å²) in [5.41, 5.74) is 12.1. The molecule has 0 bridgehead atoms. The molecule has 0 aliphatic carbocycles. The Morgan fingerprint density at radius 2 is 0.549 bits per heavy atom. The Balaban J connectivity index is 1.26. The van der Waals surface area contributed by atoms with Crippen LogP contribution in [0.5, 0.6) is 0 Å². The molecule has 0 saturated heterocycles. The molecule has 10 rings (SSSR count). The fourth-order valence-corrected chi connectivity index (χ4v) is 7.16. The molecular weight excluding hydrogens is 625 g/mol. The molecule has 6 nitrogen and oxygen atoms in total. The Kier molecular flexibility index (Phi) is 6.70. The maximum atomic E-state index is 5.34. The molecule has 10 aromatic rings. The van der Waals surface area contributed by atoms with Gasteiger partial charge in [0.25, 0.3) is 0 Å². The SMILES string of the molecule is c1ccc(-c2nc(-c3cc(-c4nc(-c5ccccc5)c5ccccn45)cc(-c4nc(-c5ccccc5)c5ccccn45)c3)n3ccccc23)cc1. The van der Waals surface area contributed by atoms with Crippen molar-refractivity contribution in [3.63, 3.8) is 0 Å². The first kappa shape index (κ1) is 28.9. The van der Waals surface area contributed by atoms with Crippen molar-refractivity contribution in [2.75, 3.05) is 0 Å². The highest BCUT2D eigenvalue weighted by Crippen LogP contribution is 2.38. The van der Waals surface area contributed by atoms with E-state index >= 15 is 0 Å². The third-order valence-electron chi connectivity index (χ3n) is 9.49. The molecule has 51 heavy (non-hydrogen) atoms. The van der Waals surface area contributed by atoms with Crippen molar-refractivity contribution in [3.8, 4) is 67.9 Å². The molecule has 0 radical (unpaired) electrons. The number of fused-ring (bicyclic) bond motifs is 3. The summed E-state index contributed by atoms with van der Waals surface area (Å²) in [5.74, 6) is 2.54. The average molecular weight is 655 g/mol. The number of hydrogen-bond acceptors (Lipinski definition) is 3. The third kappa shape index (κ3) is 4.84. The van der Waals surface area contributed by atoms with Crippen LogP contribution in [-0.2, 0) is 0 Å². The van der Waals surface area contributed by atoms with Gasteiger partial charge in [0, 0.05) is 52.0 Å². The molecule has 0 spiro atoms. The second-order valence-electron chi connectivity index (χ2n) is 12.6. The molecule has 0 saturated carbocycles. The first-order valence-electron chi connectivity index (χ1n) is 17.0. The van der Waals surface area contributed by atoms with E-state index in [9.17, 15) is 0 Å². The van der Waals surface area contributed by atoms with Crippen LogP contribution < -0.4 is 0 Å². The van der Waals surface area contributed by atoms with Crippen LogP contribution in [0.3, 0.4) is 0 Å². The lowest BCUT2D eigenvalue weighted by atomic mass is 10.0. The second kappa shape index (κ2) is 11.8. The summed E-state index contributed by atoms with van der Waals surface area (Å²) in [6, 6.07) is 56.6. The van der Waals surface area contributed by atoms with Crippen LogP contribution in [0.1, 0.15) is 0 Å². The highest BCUT2D eigenvalue weighted by Gasteiger charge is 2.21. The van der Waals surface area contributed by atoms with Gasteiger partial charge in [0.2, 0.25) is 0 Å². The van der Waals surface area contributed by atoms with Gasteiger partial charge in [-0.1, -0.05) is 109 Å². The number of nitrogens with zero attached hydrogens (tertiary/aromatic N) is 6. The summed E-state index contributed by atoms with van der Waals surface area (Å²) in [4.78, 5) is 16.0. The van der Waals surface area contributed by atoms with Crippen LogP contribution in [0.2, 0.25) is 0 Å². The third-order valence-corrected chi connectivity index (χ3v) is 9.49. The van der Waals surface area contributed by atoms with Gasteiger partial charge in [-0.3, -0.25) is 13.2 Å². The Morgan fingerprint density at radius 3 is 0.843 bits per heavy atom. The molecule has 0 atom stereocenters. The highest BCUT2D eigenvalue weighted by atomic mass is 15.0. The van der Waals surface area contributed by atoms with Crippen LogP contribution in [0, 0.1) is 0 Å². The van der Waals surface area contributed by atoms with Crippen molar-refractivity contribution in [2.24, 2.45) is 0 Å². The van der Waals surface area contributed by atoms with E-state index in [0.717, 1.165) is 84.5 Å². The molecule has 240 valence electrons. The van der Waals surface area contributed by atoms with Gasteiger partial charge in [-0.25, -0.2) is 15.0 Å². The minimum Gasteiger partial charge on any atom is -0.299 e. The van der Waals surface area contributed by atoms with Gasteiger partial charge in [-0.15, -0.1) is 0 Å². The number of aromatic nitrogens is 6. The lowest BCUT2D eigenvalue weighted by Crippen LogP contribution is -1.95. The number of imidazole rings is 3. The summed E-state index contributed by atoms with van der Waals surface area (Å²) in [6.45, 7) is 0. The summed E-state index contributed by atoms with van der Waals surface area (Å²) < 4.78 is 6.55. The van der Waals surface area contributed by atoms with Gasteiger partial charge in [0.1, 0.15) is 17.5 Å². The largest absolute Gasteiger partial charge is 0.299 e. The van der Waals surface area contributed by atoms with Crippen molar-refractivity contribution in [1.82, 2.24) is 28.2 Å². The summed E-state index contributed by atoms with van der Waals surface area (Å²) in [7, 11) is 0. The lowest BCUT2D eigenvalue weighted by Gasteiger charge is -2.10. The van der Waals surface area contributed by atoms with Crippen LogP contribution in [0.15, 0.2) is 182 Å². The van der Waals surface area contributed by atoms with E-state index < -0.39 is 0 Å². The van der Waals surface area contributed by atoms with Gasteiger partial charge in [-0.2, -0.15) is 0 Å². The van der Waals surface area contributed by atoms with Crippen LogP contribution in [-0.4, -0.2) is 28.2 Å². The zero-order valence-electron chi connectivity index (χ0n) is 27.5. The first-order valence-corrected chi connectivity index (χ1v) is 17.0. The van der Waals surface area contributed by atoms with Crippen molar-refractivity contribution < 1.29 is 0 Å². The minimum atomic E-state index is 0.848. The highest BCUT2D eigenvalue weighted by molar-refractivity contribution is 5.88. The lowest BCUT2D eigenvalue weighted by molar-refractivity contribution is 1.14. The monoisotopic (exact) mass is 654 g/mol. The van der Waals surface area contributed by atoms with E-state index in [2.05, 4.69) is 177 Å². The number of rotatable bonds is 6. The smallest absolute Gasteiger partial charge is 0.145 e. The van der Waals surface area contributed by atoms with Crippen LogP contribution in [0.4, 0.5) is 0 Å². The van der Waals surface area contributed by atoms with E-state index in [0.29, 0.717) is 0 Å². The maximum Gasteiger partial charge on any atom is 0.145 e. The predicted octanol–water partition coefficient (Wildman–Crippen LogP) is 10.6. The van der Waals surface area contributed by atoms with Crippen molar-refractivity contribution in [1.29, 1.82) is 0 Å². The van der Waals surface area contributed by atoms with Gasteiger partial charge in [0.05, 0.1) is 33.6 Å². The fraction of sp³-hybridized carbons (Fsp3) is 0. The van der Waals surface area contributed by atoms with Gasteiger partial charge in [-0.05, 0) is 54.6 Å². The number of pyridine rings is 3. The second-order valence-corrected chi connectivity index (χ2v) is 12.6. The average Bonchev–Trinajstić information content (AvgIpc) is 3.91. The quantitative estimate of drug-likeness (QED) is 0.179. The van der Waals surface area contributed by atoms with Crippen molar-refractivity contribution >= 4 is 16.6 Å². The topological polar surface area (TPSA) is 51.9 Å². The minimum absolute atomic E-state index is 0.848. The maximum absolute atomic E-state index is 5.34. The molecular formula is C45H30N6. The summed E-state index contributed by atoms with van der Waals surface area (Å²) in [6.07, 6.45) is 6.27. The molecule has 6 heterocycles. The molecule has 0 amide bonds. The van der Waals surface area contributed by atoms with Crippen molar-refractivity contribution in [3.05, 3.63) is 182 Å². The van der Waals surface area contributed by atoms with Gasteiger partial charge >= 0.3 is 0 Å². The van der Waals surface area contributed by atoms with E-state index in [1.54, 1.807) is 0 Å². The molecule has 4 aromatic carbocycles. The Hall–Kier alpha value is -7.05. The molecule has 0 N–H and O–H groups in total. The van der Waals surface area contributed by atoms with Gasteiger partial charge in [0.15, 0.2) is 0 Å². The standard InChI is InChI=1S/C45H30N6/c1-4-16-31(17-5-1)40-37-22-10-13-25-49(37)43(46-40)34-28-35(44-47-41(32-18-6-2-7-19-32)38-23-11-14-26-50(38)44)30-36(29-34)45-48-42(33-20-8-3-9-21-33)39-24-12-15-27-51(39)45/h1-30H. The Bertz CT molecular complexity index is 2520. The summed E-state index contributed by atoms with van der Waals surface area (Å²) >= 11 is 0. The molecule has 6 heteroatoms. The number of benzene rings is 4. The van der Waals surface area contributed by atoms with Crippen LogP contribution in [0.25, 0.3) is 84.5 Å². The predicted molar refractivity (Wildman–Crippen MR) is 205 cm³/mol. The molecule has 6 aromatic heterocycles. The van der Waals surface area contributed by atoms with Crippen LogP contribution >= 0.6 is 0 Å². The molecule has 0 aliphatic rings. The van der Waals surface area contributed by atoms with E-state index in [1.807, 2.05) is 18.2 Å². The molecule has 0 aliphatic heterocycles. The van der Waals surface area contributed by atoms with Gasteiger partial charge < -0.3 is 0 Å². The fourth-order valence-electron chi connectivity index (χ4n) is 7.16. The van der Waals surface area contributed by atoms with E-state index in [4.69, 9.17) is 15.0 Å². The Labute approximate surface area is 294 Å². The van der Waals surface area contributed by atoms with E-state index in [-0.39, 0.29) is 0 Å². The van der Waals surface area contributed by atoms with Crippen molar-refractivity contribution in [2.45, 2.75) is 0 Å². The first-order chi connectivity index (χ1) is 25.3. The Morgan fingerprint density at radius 1 is 0.275 bits per heavy atom. The molecule has 0 fully saturated rings. The zero-order chi connectivity index (χ0) is 33.7.